The summed E-state index contributed by atoms with van der Waals surface area (Å²) >= 11 is 2.48. The van der Waals surface area contributed by atoms with Gasteiger partial charge in [-0.25, -0.2) is 0 Å². The lowest BCUT2D eigenvalue weighted by Gasteiger charge is -2.07. The highest BCUT2D eigenvalue weighted by atomic mass is 127. The normalized spacial score (nSPS) is 33.3. The third-order valence-electron chi connectivity index (χ3n) is 1.87. The van der Waals surface area contributed by atoms with E-state index in [0.717, 1.165) is 11.8 Å². The van der Waals surface area contributed by atoms with Gasteiger partial charge in [-0.05, 0) is 32.4 Å². The van der Waals surface area contributed by atoms with Gasteiger partial charge in [0.2, 0.25) is 0 Å². The highest BCUT2D eigenvalue weighted by Gasteiger charge is 2.35. The van der Waals surface area contributed by atoms with Gasteiger partial charge in [0.25, 0.3) is 0 Å². The van der Waals surface area contributed by atoms with Crippen LogP contribution in [0.3, 0.4) is 0 Å². The zero-order valence-corrected chi connectivity index (χ0v) is 8.26. The molecule has 0 aromatic heterocycles. The third-order valence-corrected chi connectivity index (χ3v) is 3.00. The summed E-state index contributed by atoms with van der Waals surface area (Å²) < 4.78 is 1.36. The molecule has 1 nitrogen and oxygen atoms in total. The topological polar surface area (TPSA) is 3.24 Å². The average molecular weight is 239 g/mol. The molecule has 0 amide bonds. The van der Waals surface area contributed by atoms with Crippen molar-refractivity contribution in [1.29, 1.82) is 0 Å². The van der Waals surface area contributed by atoms with Gasteiger partial charge in [0.15, 0.2) is 0 Å². The lowest BCUT2D eigenvalue weighted by molar-refractivity contribution is 0.381. The summed E-state index contributed by atoms with van der Waals surface area (Å²) in [5, 5.41) is 0. The molecule has 0 saturated heterocycles. The minimum Gasteiger partial charge on any atom is -0.309 e. The molecule has 2 heteroatoms. The lowest BCUT2D eigenvalue weighted by Crippen LogP contribution is -2.15. The van der Waals surface area contributed by atoms with Gasteiger partial charge in [-0.15, -0.1) is 0 Å². The Morgan fingerprint density at radius 1 is 1.44 bits per heavy atom. The van der Waals surface area contributed by atoms with Crippen molar-refractivity contribution in [2.24, 2.45) is 11.8 Å². The molecule has 0 aromatic carbocycles. The molecule has 0 aromatic rings. The zero-order chi connectivity index (χ0) is 6.85. The van der Waals surface area contributed by atoms with Crippen LogP contribution in [0, 0.1) is 11.8 Å². The Labute approximate surface area is 70.9 Å². The predicted molar refractivity (Wildman–Crippen MR) is 49.0 cm³/mol. The molecule has 1 rings (SSSR count). The van der Waals surface area contributed by atoms with E-state index in [-0.39, 0.29) is 0 Å². The predicted octanol–water partition coefficient (Wildman–Crippen LogP) is 1.62. The van der Waals surface area contributed by atoms with Crippen LogP contribution in [0.15, 0.2) is 0 Å². The Morgan fingerprint density at radius 3 is 2.44 bits per heavy atom. The van der Waals surface area contributed by atoms with Crippen molar-refractivity contribution in [1.82, 2.24) is 4.90 Å². The van der Waals surface area contributed by atoms with Crippen molar-refractivity contribution in [2.45, 2.75) is 6.42 Å². The van der Waals surface area contributed by atoms with Crippen molar-refractivity contribution in [2.75, 3.05) is 25.1 Å². The molecule has 54 valence electrons. The summed E-state index contributed by atoms with van der Waals surface area (Å²) in [6.45, 7) is 1.30. The number of rotatable bonds is 3. The van der Waals surface area contributed by atoms with Crippen LogP contribution < -0.4 is 0 Å². The fourth-order valence-electron chi connectivity index (χ4n) is 1.19. The Balaban J connectivity index is 2.05. The van der Waals surface area contributed by atoms with E-state index in [1.54, 1.807) is 0 Å². The van der Waals surface area contributed by atoms with E-state index in [4.69, 9.17) is 0 Å². The van der Waals surface area contributed by atoms with E-state index in [1.165, 1.54) is 17.4 Å². The van der Waals surface area contributed by atoms with Gasteiger partial charge in [0.1, 0.15) is 0 Å². The molecule has 0 heterocycles. The fraction of sp³-hybridized carbons (Fsp3) is 1.00. The number of nitrogens with zero attached hydrogens (tertiary/aromatic N) is 1. The van der Waals surface area contributed by atoms with Crippen molar-refractivity contribution in [3.63, 3.8) is 0 Å². The Bertz CT molecular complexity index is 92.9. The molecular formula is C7H14IN. The Hall–Kier alpha value is 0.690. The van der Waals surface area contributed by atoms with Gasteiger partial charge in [-0.2, -0.15) is 0 Å². The molecular weight excluding hydrogens is 225 g/mol. The second kappa shape index (κ2) is 3.19. The van der Waals surface area contributed by atoms with Crippen LogP contribution in [0.4, 0.5) is 0 Å². The Morgan fingerprint density at radius 2 is 2.11 bits per heavy atom. The van der Waals surface area contributed by atoms with Crippen LogP contribution in [0.25, 0.3) is 0 Å². The highest BCUT2D eigenvalue weighted by Crippen LogP contribution is 2.39. The maximum atomic E-state index is 2.48. The molecule has 2 atom stereocenters. The summed E-state index contributed by atoms with van der Waals surface area (Å²) in [5.41, 5.74) is 0. The van der Waals surface area contributed by atoms with Crippen LogP contribution in [0.5, 0.6) is 0 Å². The van der Waals surface area contributed by atoms with Gasteiger partial charge in [-0.1, -0.05) is 22.6 Å². The maximum Gasteiger partial charge on any atom is 0.00269 e. The fourth-order valence-corrected chi connectivity index (χ4v) is 2.27. The second-order valence-corrected chi connectivity index (χ2v) is 4.05. The number of alkyl halides is 1. The molecule has 1 aliphatic carbocycles. The van der Waals surface area contributed by atoms with Gasteiger partial charge >= 0.3 is 0 Å². The van der Waals surface area contributed by atoms with Crippen molar-refractivity contribution in [3.8, 4) is 0 Å². The number of hydrogen-bond acceptors (Lipinski definition) is 1. The van der Waals surface area contributed by atoms with E-state index < -0.39 is 0 Å². The summed E-state index contributed by atoms with van der Waals surface area (Å²) in [6.07, 6.45) is 1.47. The standard InChI is InChI=1S/C7H14IN/c1-9(2)5-7-3-6(7)4-8/h6-7H,3-5H2,1-2H3. The second-order valence-electron chi connectivity index (χ2n) is 3.17. The van der Waals surface area contributed by atoms with Crippen LogP contribution in [0.1, 0.15) is 6.42 Å². The van der Waals surface area contributed by atoms with Crippen LogP contribution in [0.2, 0.25) is 0 Å². The van der Waals surface area contributed by atoms with E-state index in [1.807, 2.05) is 0 Å². The number of hydrogen-bond donors (Lipinski definition) is 0. The van der Waals surface area contributed by atoms with E-state index in [2.05, 4.69) is 41.6 Å². The monoisotopic (exact) mass is 239 g/mol. The molecule has 0 bridgehead atoms. The molecule has 1 saturated carbocycles. The molecule has 2 unspecified atom stereocenters. The van der Waals surface area contributed by atoms with Gasteiger partial charge in [-0.3, -0.25) is 0 Å². The van der Waals surface area contributed by atoms with Crippen molar-refractivity contribution >= 4 is 22.6 Å². The molecule has 1 fully saturated rings. The van der Waals surface area contributed by atoms with E-state index >= 15 is 0 Å². The summed E-state index contributed by atoms with van der Waals surface area (Å²) in [6, 6.07) is 0. The molecule has 9 heavy (non-hydrogen) atoms. The van der Waals surface area contributed by atoms with Gasteiger partial charge < -0.3 is 4.90 Å². The first-order valence-corrected chi connectivity index (χ1v) is 4.97. The van der Waals surface area contributed by atoms with Crippen LogP contribution in [-0.4, -0.2) is 30.0 Å². The summed E-state index contributed by atoms with van der Waals surface area (Å²) in [5.74, 6) is 2.07. The summed E-state index contributed by atoms with van der Waals surface area (Å²) in [4.78, 5) is 2.29. The van der Waals surface area contributed by atoms with Gasteiger partial charge in [0.05, 0.1) is 0 Å². The summed E-state index contributed by atoms with van der Waals surface area (Å²) in [7, 11) is 4.31. The highest BCUT2D eigenvalue weighted by molar-refractivity contribution is 14.1. The lowest BCUT2D eigenvalue weighted by atomic mass is 10.3. The molecule has 0 aliphatic heterocycles. The van der Waals surface area contributed by atoms with E-state index in [9.17, 15) is 0 Å². The first-order chi connectivity index (χ1) is 4.24. The van der Waals surface area contributed by atoms with Gasteiger partial charge in [0, 0.05) is 11.0 Å². The average Bonchev–Trinajstić information content (AvgIpc) is 2.45. The van der Waals surface area contributed by atoms with Crippen molar-refractivity contribution in [3.05, 3.63) is 0 Å². The SMILES string of the molecule is CN(C)CC1CC1CI. The van der Waals surface area contributed by atoms with E-state index in [0.29, 0.717) is 0 Å². The quantitative estimate of drug-likeness (QED) is 0.534. The van der Waals surface area contributed by atoms with Crippen LogP contribution in [-0.2, 0) is 0 Å². The zero-order valence-electron chi connectivity index (χ0n) is 6.10. The minimum atomic E-state index is 1.02. The molecule has 0 spiro atoms. The maximum absolute atomic E-state index is 2.48. The third kappa shape index (κ3) is 2.42. The molecule has 1 aliphatic rings. The first kappa shape index (κ1) is 7.79. The molecule has 0 radical (unpaired) electrons. The Kier molecular flexibility index (Phi) is 2.76. The van der Waals surface area contributed by atoms with Crippen molar-refractivity contribution < 1.29 is 0 Å². The smallest absolute Gasteiger partial charge is 0.00269 e. The largest absolute Gasteiger partial charge is 0.309 e. The number of halogens is 1. The van der Waals surface area contributed by atoms with Crippen LogP contribution >= 0.6 is 22.6 Å². The molecule has 0 N–H and O–H groups in total. The minimum absolute atomic E-state index is 1.02. The first-order valence-electron chi connectivity index (χ1n) is 3.44.